The Labute approximate surface area is 112 Å². The first kappa shape index (κ1) is 15.2. The van der Waals surface area contributed by atoms with E-state index in [2.05, 4.69) is 0 Å². The highest BCUT2D eigenvalue weighted by atomic mass is 16.4. The first-order valence-electron chi connectivity index (χ1n) is 6.28. The maximum Gasteiger partial charge on any atom is 0.331 e. The zero-order valence-corrected chi connectivity index (χ0v) is 11.6. The van der Waals surface area contributed by atoms with Crippen LogP contribution in [0.2, 0.25) is 0 Å². The lowest BCUT2D eigenvalue weighted by molar-refractivity contribution is -0.137. The molecule has 0 unspecified atom stereocenters. The van der Waals surface area contributed by atoms with E-state index in [0.717, 1.165) is 25.9 Å². The van der Waals surface area contributed by atoms with E-state index in [1.807, 2.05) is 0 Å². The molecule has 0 aliphatic carbocycles. The van der Waals surface area contributed by atoms with Gasteiger partial charge in [-0.15, -0.1) is 0 Å². The van der Waals surface area contributed by atoms with Gasteiger partial charge < -0.3 is 14.9 Å². The van der Waals surface area contributed by atoms with Gasteiger partial charge in [0.15, 0.2) is 0 Å². The van der Waals surface area contributed by atoms with Crippen LogP contribution in [-0.4, -0.2) is 59.4 Å². The molecule has 0 aromatic heterocycles. The minimum Gasteiger partial charge on any atom is -0.478 e. The van der Waals surface area contributed by atoms with Crippen LogP contribution < -0.4 is 0 Å². The van der Waals surface area contributed by atoms with E-state index in [9.17, 15) is 14.4 Å². The molecule has 1 heterocycles. The molecule has 0 bridgehead atoms. The highest BCUT2D eigenvalue weighted by Crippen LogP contribution is 2.10. The van der Waals surface area contributed by atoms with Crippen molar-refractivity contribution in [1.82, 2.24) is 9.80 Å². The summed E-state index contributed by atoms with van der Waals surface area (Å²) in [7, 11) is 1.51. The smallest absolute Gasteiger partial charge is 0.331 e. The van der Waals surface area contributed by atoms with Gasteiger partial charge in [0, 0.05) is 31.3 Å². The number of carbonyl (C=O) groups is 3. The number of carbonyl (C=O) groups excluding carboxylic acids is 2. The molecule has 0 saturated carbocycles. The molecular formula is C13H20N2O4. The van der Waals surface area contributed by atoms with Gasteiger partial charge in [0.2, 0.25) is 11.8 Å². The lowest BCUT2D eigenvalue weighted by Gasteiger charge is -2.21. The Morgan fingerprint density at radius 2 is 1.63 bits per heavy atom. The quantitative estimate of drug-likeness (QED) is 0.753. The van der Waals surface area contributed by atoms with Crippen molar-refractivity contribution in [3.8, 4) is 0 Å². The zero-order chi connectivity index (χ0) is 14.6. The van der Waals surface area contributed by atoms with Crippen molar-refractivity contribution >= 4 is 17.8 Å². The number of nitrogens with zero attached hydrogens (tertiary/aromatic N) is 2. The lowest BCUT2D eigenvalue weighted by atomic mass is 10.1. The van der Waals surface area contributed by atoms with Gasteiger partial charge in [0.1, 0.15) is 0 Å². The molecule has 1 fully saturated rings. The number of hydrogen-bond donors (Lipinski definition) is 1. The molecule has 1 rings (SSSR count). The number of likely N-dealkylation sites (N-methyl/N-ethyl adjacent to an activating group) is 1. The SMILES string of the molecule is CC(C(=O)O)=C(C)C(=O)N(C)CC(=O)N1CCCC1. The van der Waals surface area contributed by atoms with Crippen molar-refractivity contribution in [2.45, 2.75) is 26.7 Å². The summed E-state index contributed by atoms with van der Waals surface area (Å²) in [6, 6.07) is 0. The van der Waals surface area contributed by atoms with Crippen molar-refractivity contribution in [2.75, 3.05) is 26.7 Å². The first-order chi connectivity index (χ1) is 8.84. The van der Waals surface area contributed by atoms with Crippen LogP contribution in [0, 0.1) is 0 Å². The second kappa shape index (κ2) is 6.36. The van der Waals surface area contributed by atoms with Gasteiger partial charge >= 0.3 is 5.97 Å². The first-order valence-corrected chi connectivity index (χ1v) is 6.28. The number of carboxylic acids is 1. The summed E-state index contributed by atoms with van der Waals surface area (Å²) in [6.45, 7) is 4.31. The minimum absolute atomic E-state index is 0.00507. The molecule has 0 aromatic rings. The second-order valence-electron chi connectivity index (χ2n) is 4.80. The van der Waals surface area contributed by atoms with Crippen LogP contribution in [0.15, 0.2) is 11.1 Å². The van der Waals surface area contributed by atoms with Gasteiger partial charge in [-0.05, 0) is 26.7 Å². The Morgan fingerprint density at radius 3 is 2.11 bits per heavy atom. The molecule has 1 aliphatic heterocycles. The van der Waals surface area contributed by atoms with E-state index in [1.54, 1.807) is 4.90 Å². The van der Waals surface area contributed by atoms with Gasteiger partial charge in [-0.1, -0.05) is 0 Å². The van der Waals surface area contributed by atoms with Gasteiger partial charge in [0.25, 0.3) is 0 Å². The van der Waals surface area contributed by atoms with Crippen LogP contribution in [-0.2, 0) is 14.4 Å². The van der Waals surface area contributed by atoms with Crippen LogP contribution in [0.1, 0.15) is 26.7 Å². The van der Waals surface area contributed by atoms with Crippen molar-refractivity contribution in [3.63, 3.8) is 0 Å². The number of carboxylic acid groups (broad SMARTS) is 1. The van der Waals surface area contributed by atoms with Crippen LogP contribution >= 0.6 is 0 Å². The van der Waals surface area contributed by atoms with E-state index in [1.165, 1.54) is 25.8 Å². The summed E-state index contributed by atoms with van der Waals surface area (Å²) in [4.78, 5) is 37.7. The second-order valence-corrected chi connectivity index (χ2v) is 4.80. The van der Waals surface area contributed by atoms with E-state index < -0.39 is 11.9 Å². The van der Waals surface area contributed by atoms with Crippen molar-refractivity contribution in [2.24, 2.45) is 0 Å². The summed E-state index contributed by atoms with van der Waals surface area (Å²) in [5.74, 6) is -1.63. The summed E-state index contributed by atoms with van der Waals surface area (Å²) in [5, 5.41) is 8.83. The number of likely N-dealkylation sites (tertiary alicyclic amines) is 1. The predicted octanol–water partition coefficient (Wildman–Crippen LogP) is 0.488. The maximum atomic E-state index is 12.0. The summed E-state index contributed by atoms with van der Waals surface area (Å²) in [5.41, 5.74) is 0.162. The molecule has 106 valence electrons. The van der Waals surface area contributed by atoms with Crippen molar-refractivity contribution < 1.29 is 19.5 Å². The molecule has 1 aliphatic rings. The predicted molar refractivity (Wildman–Crippen MR) is 69.5 cm³/mol. The molecule has 0 spiro atoms. The Morgan fingerprint density at radius 1 is 1.11 bits per heavy atom. The van der Waals surface area contributed by atoms with Gasteiger partial charge in [-0.25, -0.2) is 4.79 Å². The van der Waals surface area contributed by atoms with Crippen molar-refractivity contribution in [3.05, 3.63) is 11.1 Å². The molecule has 6 heteroatoms. The van der Waals surface area contributed by atoms with Crippen LogP contribution in [0.25, 0.3) is 0 Å². The third-order valence-electron chi connectivity index (χ3n) is 3.38. The number of aliphatic carboxylic acids is 1. The zero-order valence-electron chi connectivity index (χ0n) is 11.6. The average molecular weight is 268 g/mol. The molecule has 0 radical (unpaired) electrons. The number of amides is 2. The van der Waals surface area contributed by atoms with Crippen LogP contribution in [0.5, 0.6) is 0 Å². The Kier molecular flexibility index (Phi) is 5.09. The topological polar surface area (TPSA) is 77.9 Å². The van der Waals surface area contributed by atoms with Crippen molar-refractivity contribution in [1.29, 1.82) is 0 Å². The molecule has 1 N–H and O–H groups in total. The van der Waals surface area contributed by atoms with Gasteiger partial charge in [-0.3, -0.25) is 9.59 Å². The fourth-order valence-corrected chi connectivity index (χ4v) is 1.95. The lowest BCUT2D eigenvalue weighted by Crippen LogP contribution is -2.40. The fourth-order valence-electron chi connectivity index (χ4n) is 1.95. The van der Waals surface area contributed by atoms with Crippen LogP contribution in [0.4, 0.5) is 0 Å². The van der Waals surface area contributed by atoms with Gasteiger partial charge in [0.05, 0.1) is 6.54 Å². The van der Waals surface area contributed by atoms with E-state index in [0.29, 0.717) is 0 Å². The molecule has 6 nitrogen and oxygen atoms in total. The van der Waals surface area contributed by atoms with E-state index in [4.69, 9.17) is 5.11 Å². The summed E-state index contributed by atoms with van der Waals surface area (Å²) < 4.78 is 0. The highest BCUT2D eigenvalue weighted by molar-refractivity contribution is 6.02. The average Bonchev–Trinajstić information content (AvgIpc) is 2.89. The third kappa shape index (κ3) is 3.81. The summed E-state index contributed by atoms with van der Waals surface area (Å²) >= 11 is 0. The van der Waals surface area contributed by atoms with E-state index in [-0.39, 0.29) is 23.6 Å². The number of hydrogen-bond acceptors (Lipinski definition) is 3. The van der Waals surface area contributed by atoms with Crippen LogP contribution in [0.3, 0.4) is 0 Å². The normalized spacial score (nSPS) is 16.1. The molecule has 1 saturated heterocycles. The minimum atomic E-state index is -1.12. The molecular weight excluding hydrogens is 248 g/mol. The van der Waals surface area contributed by atoms with Gasteiger partial charge in [-0.2, -0.15) is 0 Å². The number of rotatable bonds is 4. The Hall–Kier alpha value is -1.85. The monoisotopic (exact) mass is 268 g/mol. The summed E-state index contributed by atoms with van der Waals surface area (Å²) in [6.07, 6.45) is 2.00. The molecule has 19 heavy (non-hydrogen) atoms. The third-order valence-corrected chi connectivity index (χ3v) is 3.38. The van der Waals surface area contributed by atoms with E-state index >= 15 is 0 Å². The molecule has 0 aromatic carbocycles. The maximum absolute atomic E-state index is 12.0. The Bertz CT molecular complexity index is 422. The highest BCUT2D eigenvalue weighted by Gasteiger charge is 2.22. The molecule has 2 amide bonds. The Balaban J connectivity index is 2.64. The molecule has 0 atom stereocenters. The standard InChI is InChI=1S/C13H20N2O4/c1-9(10(2)13(18)19)12(17)14(3)8-11(16)15-6-4-5-7-15/h4-8H2,1-3H3,(H,18,19). The largest absolute Gasteiger partial charge is 0.478 e. The fraction of sp³-hybridized carbons (Fsp3) is 0.615.